The molecule has 6 atom stereocenters. The van der Waals surface area contributed by atoms with E-state index in [9.17, 15) is 5.11 Å². The molecule has 0 spiro atoms. The molecule has 3 fully saturated rings. The molecule has 3 rings (SSSR count). The zero-order chi connectivity index (χ0) is 11.7. The van der Waals surface area contributed by atoms with Gasteiger partial charge in [0.25, 0.3) is 0 Å². The van der Waals surface area contributed by atoms with E-state index in [1.807, 2.05) is 0 Å². The summed E-state index contributed by atoms with van der Waals surface area (Å²) in [6.45, 7) is 10.1. The second kappa shape index (κ2) is 3.04. The smallest absolute Gasteiger partial charge is 0.0487 e. The highest BCUT2D eigenvalue weighted by Gasteiger charge is 2.63. The molecule has 0 aromatic rings. The molecule has 0 heterocycles. The zero-order valence-electron chi connectivity index (χ0n) is 11.2. The van der Waals surface area contributed by atoms with E-state index in [-0.39, 0.29) is 5.41 Å². The summed E-state index contributed by atoms with van der Waals surface area (Å²) in [5.41, 5.74) is 0.839. The Kier molecular flexibility index (Phi) is 2.11. The first-order valence-electron chi connectivity index (χ1n) is 7.01. The molecule has 1 N–H and O–H groups in total. The van der Waals surface area contributed by atoms with Crippen molar-refractivity contribution in [3.63, 3.8) is 0 Å². The average Bonchev–Trinajstić information content (AvgIpc) is 3.08. The largest absolute Gasteiger partial charge is 0.396 e. The lowest BCUT2D eigenvalue weighted by molar-refractivity contribution is 0.115. The Morgan fingerprint density at radius 2 is 1.88 bits per heavy atom. The molecule has 1 nitrogen and oxygen atoms in total. The van der Waals surface area contributed by atoms with Crippen LogP contribution in [0.2, 0.25) is 0 Å². The Morgan fingerprint density at radius 3 is 2.31 bits per heavy atom. The third-order valence-electron chi connectivity index (χ3n) is 6.44. The lowest BCUT2D eigenvalue weighted by atomic mass is 9.69. The van der Waals surface area contributed by atoms with Crippen LogP contribution in [-0.2, 0) is 0 Å². The second-order valence-corrected chi connectivity index (χ2v) is 7.75. The summed E-state index contributed by atoms with van der Waals surface area (Å²) >= 11 is 0. The molecule has 0 bridgehead atoms. The molecule has 6 unspecified atom stereocenters. The lowest BCUT2D eigenvalue weighted by Gasteiger charge is -2.36. The van der Waals surface area contributed by atoms with Gasteiger partial charge < -0.3 is 5.11 Å². The first kappa shape index (κ1) is 11.1. The minimum absolute atomic E-state index is 0.266. The lowest BCUT2D eigenvalue weighted by Crippen LogP contribution is -2.30. The number of aliphatic hydroxyl groups excluding tert-OH is 1. The van der Waals surface area contributed by atoms with Crippen LogP contribution in [0.4, 0.5) is 0 Å². The van der Waals surface area contributed by atoms with Crippen molar-refractivity contribution in [3.05, 3.63) is 0 Å². The molecule has 3 aliphatic carbocycles. The van der Waals surface area contributed by atoms with E-state index in [1.54, 1.807) is 0 Å². The van der Waals surface area contributed by atoms with Crippen molar-refractivity contribution >= 4 is 0 Å². The summed E-state index contributed by atoms with van der Waals surface area (Å²) in [7, 11) is 0. The van der Waals surface area contributed by atoms with Gasteiger partial charge in [0.15, 0.2) is 0 Å². The van der Waals surface area contributed by atoms with Gasteiger partial charge in [0.05, 0.1) is 0 Å². The van der Waals surface area contributed by atoms with Crippen molar-refractivity contribution in [2.75, 3.05) is 6.61 Å². The highest BCUT2D eigenvalue weighted by Crippen LogP contribution is 2.69. The summed E-state index contributed by atoms with van der Waals surface area (Å²) in [6, 6.07) is 0. The average molecular weight is 222 g/mol. The molecule has 0 aromatic carbocycles. The molecule has 3 saturated carbocycles. The number of fused-ring (bicyclic) bond motifs is 1. The maximum absolute atomic E-state index is 9.42. The van der Waals surface area contributed by atoms with E-state index in [0.29, 0.717) is 12.0 Å². The molecular weight excluding hydrogens is 196 g/mol. The van der Waals surface area contributed by atoms with Crippen LogP contribution in [0, 0.1) is 40.4 Å². The van der Waals surface area contributed by atoms with Crippen LogP contribution in [0.25, 0.3) is 0 Å². The van der Waals surface area contributed by atoms with Gasteiger partial charge in [0.1, 0.15) is 0 Å². The minimum atomic E-state index is 0.266. The maximum atomic E-state index is 9.42. The van der Waals surface area contributed by atoms with Crippen LogP contribution in [0.5, 0.6) is 0 Å². The molecule has 0 amide bonds. The van der Waals surface area contributed by atoms with Gasteiger partial charge in [0, 0.05) is 6.61 Å². The van der Waals surface area contributed by atoms with Crippen LogP contribution in [0.1, 0.15) is 47.0 Å². The van der Waals surface area contributed by atoms with Crippen molar-refractivity contribution in [3.8, 4) is 0 Å². The maximum Gasteiger partial charge on any atom is 0.0487 e. The Balaban J connectivity index is 1.71. The van der Waals surface area contributed by atoms with Crippen molar-refractivity contribution < 1.29 is 5.11 Å². The van der Waals surface area contributed by atoms with Crippen molar-refractivity contribution in [2.45, 2.75) is 47.0 Å². The summed E-state index contributed by atoms with van der Waals surface area (Å²) < 4.78 is 0. The van der Waals surface area contributed by atoms with Crippen LogP contribution in [-0.4, -0.2) is 11.7 Å². The van der Waals surface area contributed by atoms with Crippen LogP contribution in [0.15, 0.2) is 0 Å². The quantitative estimate of drug-likeness (QED) is 0.776. The fourth-order valence-corrected chi connectivity index (χ4v) is 4.94. The van der Waals surface area contributed by atoms with Crippen LogP contribution in [0.3, 0.4) is 0 Å². The number of hydrogen-bond acceptors (Lipinski definition) is 1. The fourth-order valence-electron chi connectivity index (χ4n) is 4.94. The Bertz CT molecular complexity index is 309. The molecular formula is C15H26O. The first-order valence-corrected chi connectivity index (χ1v) is 7.01. The summed E-state index contributed by atoms with van der Waals surface area (Å²) in [6.07, 6.45) is 4.22. The topological polar surface area (TPSA) is 20.2 Å². The molecule has 0 saturated heterocycles. The fraction of sp³-hybridized carbons (Fsp3) is 1.00. The summed E-state index contributed by atoms with van der Waals surface area (Å²) in [4.78, 5) is 0. The monoisotopic (exact) mass is 222 g/mol. The first-order chi connectivity index (χ1) is 7.40. The van der Waals surface area contributed by atoms with E-state index >= 15 is 0 Å². The van der Waals surface area contributed by atoms with Gasteiger partial charge in [-0.3, -0.25) is 0 Å². The normalized spacial score (nSPS) is 54.6. The van der Waals surface area contributed by atoms with Crippen molar-refractivity contribution in [1.29, 1.82) is 0 Å². The molecule has 92 valence electrons. The van der Waals surface area contributed by atoms with Gasteiger partial charge in [-0.25, -0.2) is 0 Å². The third kappa shape index (κ3) is 1.33. The van der Waals surface area contributed by atoms with Gasteiger partial charge in [-0.1, -0.05) is 27.7 Å². The number of rotatable bonds is 3. The van der Waals surface area contributed by atoms with Gasteiger partial charge in [-0.2, -0.15) is 0 Å². The van der Waals surface area contributed by atoms with Crippen LogP contribution >= 0.6 is 0 Å². The standard InChI is InChI=1S/C15H26O/c1-9(13-7-15(13,4)8-16)11-5-10-6-12(10)14(11,2)3/h9-13,16H,5-8H2,1-4H3. The van der Waals surface area contributed by atoms with E-state index in [2.05, 4.69) is 27.7 Å². The number of hydrogen-bond donors (Lipinski definition) is 1. The van der Waals surface area contributed by atoms with Gasteiger partial charge in [-0.05, 0) is 59.7 Å². The Hall–Kier alpha value is -0.0400. The predicted octanol–water partition coefficient (Wildman–Crippen LogP) is 3.32. The predicted molar refractivity (Wildman–Crippen MR) is 65.9 cm³/mol. The molecule has 1 heteroatoms. The number of aliphatic hydroxyl groups is 1. The minimum Gasteiger partial charge on any atom is -0.396 e. The van der Waals surface area contributed by atoms with E-state index < -0.39 is 0 Å². The van der Waals surface area contributed by atoms with Crippen molar-refractivity contribution in [1.82, 2.24) is 0 Å². The second-order valence-electron chi connectivity index (χ2n) is 7.75. The highest BCUT2D eigenvalue weighted by atomic mass is 16.3. The summed E-state index contributed by atoms with van der Waals surface area (Å²) in [5.74, 6) is 4.61. The molecule has 3 aliphatic rings. The van der Waals surface area contributed by atoms with E-state index in [4.69, 9.17) is 0 Å². The molecule has 16 heavy (non-hydrogen) atoms. The zero-order valence-corrected chi connectivity index (χ0v) is 11.2. The molecule has 0 aromatic heterocycles. The van der Waals surface area contributed by atoms with Crippen LogP contribution < -0.4 is 0 Å². The summed E-state index contributed by atoms with van der Waals surface area (Å²) in [5, 5.41) is 9.42. The SMILES string of the molecule is CC(C1CC1(C)CO)C1CC2CC2C1(C)C. The molecule has 0 aliphatic heterocycles. The Morgan fingerprint density at radius 1 is 1.19 bits per heavy atom. The van der Waals surface area contributed by atoms with E-state index in [1.165, 1.54) is 19.3 Å². The van der Waals surface area contributed by atoms with Gasteiger partial charge >= 0.3 is 0 Å². The third-order valence-corrected chi connectivity index (χ3v) is 6.44. The van der Waals surface area contributed by atoms with Gasteiger partial charge in [0.2, 0.25) is 0 Å². The highest BCUT2D eigenvalue weighted by molar-refractivity contribution is 5.11. The molecule has 0 radical (unpaired) electrons. The van der Waals surface area contributed by atoms with Gasteiger partial charge in [-0.15, -0.1) is 0 Å². The Labute approximate surface area is 99.6 Å². The van der Waals surface area contributed by atoms with E-state index in [0.717, 1.165) is 29.6 Å². The van der Waals surface area contributed by atoms with Crippen molar-refractivity contribution in [2.24, 2.45) is 40.4 Å².